The number of hydrogen-bond acceptors (Lipinski definition) is 3. The van der Waals surface area contributed by atoms with Gasteiger partial charge in [0, 0.05) is 25.0 Å². The Morgan fingerprint density at radius 2 is 1.70 bits per heavy atom. The fourth-order valence-electron chi connectivity index (χ4n) is 3.56. The second kappa shape index (κ2) is 7.97. The Morgan fingerprint density at radius 3 is 2.17 bits per heavy atom. The fourth-order valence-corrected chi connectivity index (χ4v) is 5.37. The standard InChI is InChI=1S/C17H32N2O3S/c1-4-14(5-2)17(20)19-10-8-16(9-11-19)18-23(21,22)12-13(3)15-6-7-15/h13-16,18H,4-12H2,1-3H3. The van der Waals surface area contributed by atoms with E-state index < -0.39 is 10.0 Å². The molecular weight excluding hydrogens is 312 g/mol. The van der Waals surface area contributed by atoms with Gasteiger partial charge in [0.15, 0.2) is 0 Å². The largest absolute Gasteiger partial charge is 0.342 e. The Morgan fingerprint density at radius 1 is 1.13 bits per heavy atom. The SMILES string of the molecule is CCC(CC)C(=O)N1CCC(NS(=O)(=O)CC(C)C2CC2)CC1. The van der Waals surface area contributed by atoms with E-state index in [1.807, 2.05) is 25.7 Å². The minimum Gasteiger partial charge on any atom is -0.342 e. The number of nitrogens with zero attached hydrogens (tertiary/aromatic N) is 1. The van der Waals surface area contributed by atoms with E-state index in [-0.39, 0.29) is 29.5 Å². The van der Waals surface area contributed by atoms with E-state index in [0.717, 1.165) is 25.7 Å². The number of likely N-dealkylation sites (tertiary alicyclic amines) is 1. The summed E-state index contributed by atoms with van der Waals surface area (Å²) in [7, 11) is -3.20. The number of carbonyl (C=O) groups is 1. The van der Waals surface area contributed by atoms with Gasteiger partial charge in [0.05, 0.1) is 5.75 Å². The lowest BCUT2D eigenvalue weighted by atomic mass is 9.99. The molecule has 134 valence electrons. The summed E-state index contributed by atoms with van der Waals surface area (Å²) in [6.07, 6.45) is 5.55. The predicted molar refractivity (Wildman–Crippen MR) is 92.5 cm³/mol. The van der Waals surface area contributed by atoms with Crippen molar-refractivity contribution >= 4 is 15.9 Å². The van der Waals surface area contributed by atoms with Crippen LogP contribution in [0.2, 0.25) is 0 Å². The highest BCUT2D eigenvalue weighted by Gasteiger charge is 2.33. The minimum absolute atomic E-state index is 0.0165. The van der Waals surface area contributed by atoms with E-state index in [2.05, 4.69) is 4.72 Å². The van der Waals surface area contributed by atoms with Crippen LogP contribution in [0.15, 0.2) is 0 Å². The first-order valence-corrected chi connectivity index (χ1v) is 10.8. The van der Waals surface area contributed by atoms with Crippen LogP contribution in [-0.4, -0.2) is 44.1 Å². The van der Waals surface area contributed by atoms with Crippen molar-refractivity contribution in [2.45, 2.75) is 65.3 Å². The van der Waals surface area contributed by atoms with Crippen molar-refractivity contribution in [3.05, 3.63) is 0 Å². The third-order valence-corrected chi connectivity index (χ3v) is 7.05. The highest BCUT2D eigenvalue weighted by atomic mass is 32.2. The van der Waals surface area contributed by atoms with Gasteiger partial charge in [-0.2, -0.15) is 0 Å². The zero-order valence-electron chi connectivity index (χ0n) is 14.8. The van der Waals surface area contributed by atoms with Crippen molar-refractivity contribution in [2.75, 3.05) is 18.8 Å². The number of hydrogen-bond donors (Lipinski definition) is 1. The molecule has 2 aliphatic rings. The molecule has 1 saturated carbocycles. The van der Waals surface area contributed by atoms with Crippen LogP contribution in [0.1, 0.15) is 59.3 Å². The molecule has 1 amide bonds. The smallest absolute Gasteiger partial charge is 0.225 e. The summed E-state index contributed by atoms with van der Waals surface area (Å²) in [5, 5.41) is 0. The zero-order chi connectivity index (χ0) is 17.0. The maximum atomic E-state index is 12.4. The van der Waals surface area contributed by atoms with E-state index in [9.17, 15) is 13.2 Å². The molecule has 1 N–H and O–H groups in total. The number of piperidine rings is 1. The van der Waals surface area contributed by atoms with Gasteiger partial charge < -0.3 is 4.90 Å². The Labute approximate surface area is 141 Å². The van der Waals surface area contributed by atoms with Gasteiger partial charge in [-0.05, 0) is 50.4 Å². The minimum atomic E-state index is -3.20. The molecule has 0 spiro atoms. The zero-order valence-corrected chi connectivity index (χ0v) is 15.6. The monoisotopic (exact) mass is 344 g/mol. The van der Waals surface area contributed by atoms with Gasteiger partial charge in [0.25, 0.3) is 0 Å². The van der Waals surface area contributed by atoms with E-state index in [1.165, 1.54) is 12.8 Å². The molecule has 1 unspecified atom stereocenters. The molecule has 2 fully saturated rings. The first-order chi connectivity index (χ1) is 10.9. The van der Waals surface area contributed by atoms with Crippen LogP contribution < -0.4 is 4.72 Å². The van der Waals surface area contributed by atoms with Crippen LogP contribution in [0, 0.1) is 17.8 Å². The molecule has 1 aliphatic carbocycles. The summed E-state index contributed by atoms with van der Waals surface area (Å²) in [5.74, 6) is 1.45. The molecule has 6 heteroatoms. The lowest BCUT2D eigenvalue weighted by molar-refractivity contribution is -0.136. The van der Waals surface area contributed by atoms with Gasteiger partial charge in [-0.25, -0.2) is 13.1 Å². The number of nitrogens with one attached hydrogen (secondary N) is 1. The Kier molecular flexibility index (Phi) is 6.48. The highest BCUT2D eigenvalue weighted by molar-refractivity contribution is 7.89. The summed E-state index contributed by atoms with van der Waals surface area (Å²) >= 11 is 0. The van der Waals surface area contributed by atoms with E-state index >= 15 is 0 Å². The van der Waals surface area contributed by atoms with Crippen molar-refractivity contribution in [1.82, 2.24) is 9.62 Å². The Balaban J connectivity index is 1.78. The summed E-state index contributed by atoms with van der Waals surface area (Å²) < 4.78 is 27.4. The quantitative estimate of drug-likeness (QED) is 0.735. The van der Waals surface area contributed by atoms with Crippen molar-refractivity contribution in [1.29, 1.82) is 0 Å². The van der Waals surface area contributed by atoms with Gasteiger partial charge in [-0.1, -0.05) is 20.8 Å². The molecule has 1 heterocycles. The molecule has 1 atom stereocenters. The molecule has 23 heavy (non-hydrogen) atoms. The van der Waals surface area contributed by atoms with Crippen molar-refractivity contribution in [3.63, 3.8) is 0 Å². The van der Waals surface area contributed by atoms with Gasteiger partial charge in [-0.3, -0.25) is 4.79 Å². The Bertz CT molecular complexity index is 490. The van der Waals surface area contributed by atoms with Crippen LogP contribution in [0.5, 0.6) is 0 Å². The van der Waals surface area contributed by atoms with Gasteiger partial charge in [0.1, 0.15) is 0 Å². The van der Waals surface area contributed by atoms with E-state index in [1.54, 1.807) is 0 Å². The number of carbonyl (C=O) groups excluding carboxylic acids is 1. The summed E-state index contributed by atoms with van der Waals surface area (Å²) in [4.78, 5) is 14.3. The maximum absolute atomic E-state index is 12.4. The fraction of sp³-hybridized carbons (Fsp3) is 0.941. The molecular formula is C17H32N2O3S. The third kappa shape index (κ3) is 5.45. The van der Waals surface area contributed by atoms with Crippen molar-refractivity contribution < 1.29 is 13.2 Å². The molecule has 5 nitrogen and oxygen atoms in total. The van der Waals surface area contributed by atoms with Crippen LogP contribution in [0.3, 0.4) is 0 Å². The maximum Gasteiger partial charge on any atom is 0.225 e. The highest BCUT2D eigenvalue weighted by Crippen LogP contribution is 2.37. The number of amides is 1. The molecule has 0 aromatic rings. The number of sulfonamides is 1. The molecule has 0 radical (unpaired) electrons. The van der Waals surface area contributed by atoms with Crippen molar-refractivity contribution in [2.24, 2.45) is 17.8 Å². The van der Waals surface area contributed by atoms with E-state index in [4.69, 9.17) is 0 Å². The topological polar surface area (TPSA) is 66.5 Å². The van der Waals surface area contributed by atoms with Crippen LogP contribution in [-0.2, 0) is 14.8 Å². The lowest BCUT2D eigenvalue weighted by Crippen LogP contribution is -2.48. The van der Waals surface area contributed by atoms with Gasteiger partial charge in [-0.15, -0.1) is 0 Å². The second-order valence-corrected chi connectivity index (χ2v) is 9.13. The van der Waals surface area contributed by atoms with Crippen LogP contribution in [0.4, 0.5) is 0 Å². The summed E-state index contributed by atoms with van der Waals surface area (Å²) in [6.45, 7) is 7.47. The first kappa shape index (κ1) is 18.7. The van der Waals surface area contributed by atoms with Gasteiger partial charge >= 0.3 is 0 Å². The molecule has 2 rings (SSSR count). The average Bonchev–Trinajstić information content (AvgIpc) is 3.33. The Hall–Kier alpha value is -0.620. The second-order valence-electron chi connectivity index (χ2n) is 7.33. The first-order valence-electron chi connectivity index (χ1n) is 9.15. The van der Waals surface area contributed by atoms with Gasteiger partial charge in [0.2, 0.25) is 15.9 Å². The molecule has 0 aromatic heterocycles. The summed E-state index contributed by atoms with van der Waals surface area (Å²) in [5.41, 5.74) is 0. The third-order valence-electron chi connectivity index (χ3n) is 5.40. The van der Waals surface area contributed by atoms with Crippen molar-refractivity contribution in [3.8, 4) is 0 Å². The predicted octanol–water partition coefficient (Wildman–Crippen LogP) is 2.38. The molecule has 1 aliphatic heterocycles. The van der Waals surface area contributed by atoms with Crippen LogP contribution >= 0.6 is 0 Å². The number of rotatable bonds is 8. The molecule has 1 saturated heterocycles. The normalized spacial score (nSPS) is 21.7. The summed E-state index contributed by atoms with van der Waals surface area (Å²) in [6, 6.07) is -0.0165. The lowest BCUT2D eigenvalue weighted by Gasteiger charge is -2.34. The van der Waals surface area contributed by atoms with E-state index in [0.29, 0.717) is 19.0 Å². The average molecular weight is 345 g/mol. The molecule has 0 aromatic carbocycles. The van der Waals surface area contributed by atoms with Crippen LogP contribution in [0.25, 0.3) is 0 Å². The molecule has 0 bridgehead atoms.